The predicted octanol–water partition coefficient (Wildman–Crippen LogP) is 2.11. The molecule has 0 aromatic heterocycles. The highest BCUT2D eigenvalue weighted by Crippen LogP contribution is 2.11. The van der Waals surface area contributed by atoms with Crippen LogP contribution in [0.2, 0.25) is 5.02 Å². The van der Waals surface area contributed by atoms with Crippen molar-refractivity contribution >= 4 is 17.5 Å². The first-order chi connectivity index (χ1) is 10.0. The molecule has 5 heteroatoms. The summed E-state index contributed by atoms with van der Waals surface area (Å²) in [6.45, 7) is 6.78. The number of morpholine rings is 1. The Bertz CT molecular complexity index is 471. The molecule has 1 fully saturated rings. The highest BCUT2D eigenvalue weighted by atomic mass is 35.5. The van der Waals surface area contributed by atoms with Gasteiger partial charge in [-0.2, -0.15) is 0 Å². The maximum Gasteiger partial charge on any atom is 0.234 e. The second kappa shape index (κ2) is 7.78. The van der Waals surface area contributed by atoms with Gasteiger partial charge in [0, 0.05) is 24.7 Å². The summed E-state index contributed by atoms with van der Waals surface area (Å²) in [5.74, 6) is 0.0679. The fraction of sp³-hybridized carbons (Fsp3) is 0.562. The number of benzene rings is 1. The van der Waals surface area contributed by atoms with E-state index in [2.05, 4.69) is 10.2 Å². The SMILES string of the molecule is C[C@H]1CN(CC(=O)NCCc2cccc(Cl)c2)C[C@H](C)O1. The summed E-state index contributed by atoms with van der Waals surface area (Å²) in [6, 6.07) is 7.73. The summed E-state index contributed by atoms with van der Waals surface area (Å²) in [5.41, 5.74) is 1.14. The second-order valence-electron chi connectivity index (χ2n) is 5.68. The van der Waals surface area contributed by atoms with Gasteiger partial charge in [-0.3, -0.25) is 9.69 Å². The van der Waals surface area contributed by atoms with Crippen LogP contribution in [-0.4, -0.2) is 49.2 Å². The first-order valence-corrected chi connectivity index (χ1v) is 7.79. The van der Waals surface area contributed by atoms with Crippen LogP contribution in [0.5, 0.6) is 0 Å². The normalized spacial score (nSPS) is 23.0. The summed E-state index contributed by atoms with van der Waals surface area (Å²) < 4.78 is 5.66. The molecule has 2 rings (SSSR count). The van der Waals surface area contributed by atoms with Crippen molar-refractivity contribution in [2.45, 2.75) is 32.5 Å². The summed E-state index contributed by atoms with van der Waals surface area (Å²) in [6.07, 6.45) is 1.17. The summed E-state index contributed by atoms with van der Waals surface area (Å²) in [4.78, 5) is 14.1. The Kier molecular flexibility index (Phi) is 6.03. The molecule has 2 atom stereocenters. The molecule has 0 spiro atoms. The topological polar surface area (TPSA) is 41.6 Å². The van der Waals surface area contributed by atoms with E-state index >= 15 is 0 Å². The number of amides is 1. The van der Waals surface area contributed by atoms with Crippen LogP contribution in [0.25, 0.3) is 0 Å². The number of ether oxygens (including phenoxy) is 1. The van der Waals surface area contributed by atoms with Crippen LogP contribution in [0, 0.1) is 0 Å². The molecular weight excluding hydrogens is 288 g/mol. The molecule has 21 heavy (non-hydrogen) atoms. The Morgan fingerprint density at radius 1 is 1.38 bits per heavy atom. The predicted molar refractivity (Wildman–Crippen MR) is 84.6 cm³/mol. The van der Waals surface area contributed by atoms with Crippen molar-refractivity contribution in [1.82, 2.24) is 10.2 Å². The fourth-order valence-corrected chi connectivity index (χ4v) is 2.92. The number of carbonyl (C=O) groups is 1. The largest absolute Gasteiger partial charge is 0.373 e. The smallest absolute Gasteiger partial charge is 0.234 e. The highest BCUT2D eigenvalue weighted by molar-refractivity contribution is 6.30. The van der Waals surface area contributed by atoms with Gasteiger partial charge in [-0.1, -0.05) is 23.7 Å². The zero-order chi connectivity index (χ0) is 15.2. The van der Waals surface area contributed by atoms with E-state index in [1.165, 1.54) is 0 Å². The maximum atomic E-state index is 12.0. The highest BCUT2D eigenvalue weighted by Gasteiger charge is 2.23. The van der Waals surface area contributed by atoms with Gasteiger partial charge in [-0.15, -0.1) is 0 Å². The van der Waals surface area contributed by atoms with Crippen molar-refractivity contribution in [3.63, 3.8) is 0 Å². The molecule has 1 aliphatic rings. The zero-order valence-electron chi connectivity index (χ0n) is 12.6. The molecule has 1 saturated heterocycles. The number of nitrogens with zero attached hydrogens (tertiary/aromatic N) is 1. The molecule has 1 N–H and O–H groups in total. The van der Waals surface area contributed by atoms with Crippen molar-refractivity contribution in [1.29, 1.82) is 0 Å². The maximum absolute atomic E-state index is 12.0. The van der Waals surface area contributed by atoms with Crippen LogP contribution in [0.15, 0.2) is 24.3 Å². The third kappa shape index (κ3) is 5.65. The lowest BCUT2D eigenvalue weighted by Crippen LogP contribution is -2.49. The van der Waals surface area contributed by atoms with Crippen molar-refractivity contribution in [2.75, 3.05) is 26.2 Å². The zero-order valence-corrected chi connectivity index (χ0v) is 13.4. The molecule has 1 aromatic carbocycles. The Morgan fingerprint density at radius 2 is 2.10 bits per heavy atom. The first-order valence-electron chi connectivity index (χ1n) is 7.42. The number of halogens is 1. The summed E-state index contributed by atoms with van der Waals surface area (Å²) in [7, 11) is 0. The number of rotatable bonds is 5. The number of hydrogen-bond acceptors (Lipinski definition) is 3. The monoisotopic (exact) mass is 310 g/mol. The molecule has 116 valence electrons. The van der Waals surface area contributed by atoms with Crippen molar-refractivity contribution < 1.29 is 9.53 Å². The Morgan fingerprint density at radius 3 is 2.76 bits per heavy atom. The Hall–Kier alpha value is -1.10. The average Bonchev–Trinajstić information content (AvgIpc) is 2.37. The van der Waals surface area contributed by atoms with Gasteiger partial charge in [0.1, 0.15) is 0 Å². The molecule has 1 aliphatic heterocycles. The minimum absolute atomic E-state index is 0.0679. The minimum Gasteiger partial charge on any atom is -0.373 e. The van der Waals surface area contributed by atoms with Crippen LogP contribution in [-0.2, 0) is 16.0 Å². The standard InChI is InChI=1S/C16H23ClN2O2/c1-12-9-19(10-13(2)21-12)11-16(20)18-7-6-14-4-3-5-15(17)8-14/h3-5,8,12-13H,6-7,9-11H2,1-2H3,(H,18,20)/t12-,13-/m0/s1. The Labute approximate surface area is 131 Å². The average molecular weight is 311 g/mol. The molecule has 1 aromatic rings. The number of carbonyl (C=O) groups excluding carboxylic acids is 1. The van der Waals surface area contributed by atoms with Crippen LogP contribution in [0.1, 0.15) is 19.4 Å². The summed E-state index contributed by atoms with van der Waals surface area (Å²) in [5, 5.41) is 3.69. The van der Waals surface area contributed by atoms with Gasteiger partial charge in [-0.05, 0) is 38.0 Å². The number of hydrogen-bond donors (Lipinski definition) is 1. The molecular formula is C16H23ClN2O2. The molecule has 0 radical (unpaired) electrons. The molecule has 0 bridgehead atoms. The van der Waals surface area contributed by atoms with Crippen molar-refractivity contribution in [3.05, 3.63) is 34.9 Å². The van der Waals surface area contributed by atoms with Crippen LogP contribution in [0.4, 0.5) is 0 Å². The third-order valence-corrected chi connectivity index (χ3v) is 3.72. The van der Waals surface area contributed by atoms with Crippen LogP contribution >= 0.6 is 11.6 Å². The Balaban J connectivity index is 1.70. The molecule has 4 nitrogen and oxygen atoms in total. The molecule has 0 unspecified atom stereocenters. The van der Waals surface area contributed by atoms with Gasteiger partial charge < -0.3 is 10.1 Å². The van der Waals surface area contributed by atoms with E-state index in [0.29, 0.717) is 13.1 Å². The fourth-order valence-electron chi connectivity index (χ4n) is 2.71. The van der Waals surface area contributed by atoms with Gasteiger partial charge >= 0.3 is 0 Å². The lowest BCUT2D eigenvalue weighted by atomic mass is 10.1. The van der Waals surface area contributed by atoms with E-state index < -0.39 is 0 Å². The van der Waals surface area contributed by atoms with E-state index in [-0.39, 0.29) is 18.1 Å². The lowest BCUT2D eigenvalue weighted by Gasteiger charge is -2.34. The summed E-state index contributed by atoms with van der Waals surface area (Å²) >= 11 is 5.94. The molecule has 1 heterocycles. The van der Waals surface area contributed by atoms with Gasteiger partial charge in [0.05, 0.1) is 18.8 Å². The van der Waals surface area contributed by atoms with Crippen molar-refractivity contribution in [3.8, 4) is 0 Å². The molecule has 0 saturated carbocycles. The second-order valence-corrected chi connectivity index (χ2v) is 6.12. The van der Waals surface area contributed by atoms with Gasteiger partial charge in [0.25, 0.3) is 0 Å². The van der Waals surface area contributed by atoms with E-state index in [9.17, 15) is 4.79 Å². The van der Waals surface area contributed by atoms with Gasteiger partial charge in [0.15, 0.2) is 0 Å². The van der Waals surface area contributed by atoms with E-state index in [0.717, 1.165) is 30.1 Å². The van der Waals surface area contributed by atoms with Gasteiger partial charge in [0.2, 0.25) is 5.91 Å². The van der Waals surface area contributed by atoms with Crippen molar-refractivity contribution in [2.24, 2.45) is 0 Å². The van der Waals surface area contributed by atoms with E-state index in [1.807, 2.05) is 38.1 Å². The van der Waals surface area contributed by atoms with Gasteiger partial charge in [-0.25, -0.2) is 0 Å². The van der Waals surface area contributed by atoms with Crippen LogP contribution < -0.4 is 5.32 Å². The minimum atomic E-state index is 0.0679. The van der Waals surface area contributed by atoms with E-state index in [4.69, 9.17) is 16.3 Å². The molecule has 0 aliphatic carbocycles. The van der Waals surface area contributed by atoms with E-state index in [1.54, 1.807) is 0 Å². The third-order valence-electron chi connectivity index (χ3n) is 3.49. The first kappa shape index (κ1) is 16.3. The quantitative estimate of drug-likeness (QED) is 0.905. The lowest BCUT2D eigenvalue weighted by molar-refractivity contribution is -0.125. The molecule has 1 amide bonds. The number of nitrogens with one attached hydrogen (secondary N) is 1. The van der Waals surface area contributed by atoms with Crippen LogP contribution in [0.3, 0.4) is 0 Å².